The summed E-state index contributed by atoms with van der Waals surface area (Å²) in [5.41, 5.74) is 3.27. The van der Waals surface area contributed by atoms with Gasteiger partial charge in [0.15, 0.2) is 13.2 Å². The van der Waals surface area contributed by atoms with Gasteiger partial charge in [-0.25, -0.2) is 4.79 Å². The zero-order valence-corrected chi connectivity index (χ0v) is 16.3. The molecule has 8 nitrogen and oxygen atoms in total. The molecule has 0 atom stereocenters. The number of non-ortho nitro benzene ring substituents is 1. The lowest BCUT2D eigenvalue weighted by molar-refractivity contribution is -0.384. The number of anilines is 1. The molecule has 0 saturated carbocycles. The topological polar surface area (TPSA) is 99.0 Å². The first-order chi connectivity index (χ1) is 13.8. The Morgan fingerprint density at radius 3 is 2.69 bits per heavy atom. The third-order valence-corrected chi connectivity index (χ3v) is 4.74. The quantitative estimate of drug-likeness (QED) is 0.421. The molecule has 0 N–H and O–H groups in total. The number of carbonyl (C=O) groups excluding carboxylic acids is 2. The van der Waals surface area contributed by atoms with E-state index in [1.54, 1.807) is 6.07 Å². The Morgan fingerprint density at radius 1 is 1.14 bits per heavy atom. The summed E-state index contributed by atoms with van der Waals surface area (Å²) in [5.74, 6) is -0.417. The maximum Gasteiger partial charge on any atom is 0.344 e. The van der Waals surface area contributed by atoms with E-state index in [-0.39, 0.29) is 18.2 Å². The van der Waals surface area contributed by atoms with Gasteiger partial charge in [-0.1, -0.05) is 12.1 Å². The number of ether oxygens (including phenoxy) is 2. The fourth-order valence-electron chi connectivity index (χ4n) is 3.22. The number of amides is 1. The van der Waals surface area contributed by atoms with Crippen LogP contribution in [0.5, 0.6) is 5.75 Å². The smallest absolute Gasteiger partial charge is 0.344 e. The van der Waals surface area contributed by atoms with Crippen LogP contribution in [0.25, 0.3) is 0 Å². The SMILES string of the molecule is Cc1ccc(C)c(OCC(=O)OCC(=O)N2CCCc3cc([N+](=O)[O-])ccc32)c1. The monoisotopic (exact) mass is 398 g/mol. The summed E-state index contributed by atoms with van der Waals surface area (Å²) in [6.45, 7) is 3.57. The summed E-state index contributed by atoms with van der Waals surface area (Å²) in [6, 6.07) is 10.1. The number of aryl methyl sites for hydroxylation is 3. The highest BCUT2D eigenvalue weighted by atomic mass is 16.6. The molecule has 0 aromatic heterocycles. The maximum absolute atomic E-state index is 12.5. The van der Waals surface area contributed by atoms with Gasteiger partial charge in [-0.2, -0.15) is 0 Å². The third-order valence-electron chi connectivity index (χ3n) is 4.74. The largest absolute Gasteiger partial charge is 0.482 e. The third kappa shape index (κ3) is 4.90. The molecule has 0 spiro atoms. The summed E-state index contributed by atoms with van der Waals surface area (Å²) in [4.78, 5) is 36.5. The Kier molecular flexibility index (Phi) is 6.11. The first-order valence-electron chi connectivity index (χ1n) is 9.28. The van der Waals surface area contributed by atoms with Crippen molar-refractivity contribution in [3.8, 4) is 5.75 Å². The standard InChI is InChI=1S/C21H22N2O6/c1-14-5-6-15(2)19(10-14)28-13-21(25)29-12-20(24)22-9-3-4-16-11-17(23(26)27)7-8-18(16)22/h5-8,10-11H,3-4,9,12-13H2,1-2H3. The zero-order valence-electron chi connectivity index (χ0n) is 16.3. The highest BCUT2D eigenvalue weighted by Gasteiger charge is 2.25. The summed E-state index contributed by atoms with van der Waals surface area (Å²) < 4.78 is 10.5. The molecule has 3 rings (SSSR count). The second kappa shape index (κ2) is 8.72. The molecular formula is C21H22N2O6. The number of nitro benzene ring substituents is 1. The number of fused-ring (bicyclic) bond motifs is 1. The van der Waals surface area contributed by atoms with E-state index in [1.807, 2.05) is 32.0 Å². The Bertz CT molecular complexity index is 956. The molecule has 29 heavy (non-hydrogen) atoms. The van der Waals surface area contributed by atoms with Gasteiger partial charge in [0, 0.05) is 24.4 Å². The molecule has 0 bridgehead atoms. The van der Waals surface area contributed by atoms with Gasteiger partial charge in [0.05, 0.1) is 4.92 Å². The van der Waals surface area contributed by atoms with Crippen LogP contribution in [0.1, 0.15) is 23.1 Å². The van der Waals surface area contributed by atoms with Crippen LogP contribution < -0.4 is 9.64 Å². The number of nitro groups is 1. The Balaban J connectivity index is 1.56. The molecule has 0 saturated heterocycles. The van der Waals surface area contributed by atoms with Gasteiger partial charge in [-0.15, -0.1) is 0 Å². The predicted octanol–water partition coefficient (Wildman–Crippen LogP) is 3.11. The van der Waals surface area contributed by atoms with Crippen molar-refractivity contribution >= 4 is 23.3 Å². The number of carbonyl (C=O) groups is 2. The Hall–Kier alpha value is -3.42. The highest BCUT2D eigenvalue weighted by molar-refractivity contribution is 5.96. The average Bonchev–Trinajstić information content (AvgIpc) is 2.71. The van der Waals surface area contributed by atoms with Gasteiger partial charge in [0.2, 0.25) is 0 Å². The second-order valence-electron chi connectivity index (χ2n) is 6.94. The van der Waals surface area contributed by atoms with Crippen molar-refractivity contribution in [1.29, 1.82) is 0 Å². The minimum Gasteiger partial charge on any atom is -0.482 e. The number of hydrogen-bond acceptors (Lipinski definition) is 6. The molecule has 1 amide bonds. The molecule has 1 aliphatic rings. The Morgan fingerprint density at radius 2 is 1.93 bits per heavy atom. The van der Waals surface area contributed by atoms with Crippen LogP contribution >= 0.6 is 0 Å². The average molecular weight is 398 g/mol. The van der Waals surface area contributed by atoms with Crippen LogP contribution in [0.15, 0.2) is 36.4 Å². The lowest BCUT2D eigenvalue weighted by atomic mass is 10.0. The van der Waals surface area contributed by atoms with Crippen molar-refractivity contribution in [1.82, 2.24) is 0 Å². The Labute approximate surface area is 168 Å². The summed E-state index contributed by atoms with van der Waals surface area (Å²) >= 11 is 0. The number of rotatable bonds is 6. The maximum atomic E-state index is 12.5. The van der Waals surface area contributed by atoms with Crippen LogP contribution in [0.4, 0.5) is 11.4 Å². The van der Waals surface area contributed by atoms with E-state index in [1.165, 1.54) is 17.0 Å². The van der Waals surface area contributed by atoms with E-state index >= 15 is 0 Å². The normalized spacial score (nSPS) is 12.8. The molecule has 1 aliphatic heterocycles. The highest BCUT2D eigenvalue weighted by Crippen LogP contribution is 2.30. The van der Waals surface area contributed by atoms with Gasteiger partial charge in [0.25, 0.3) is 11.6 Å². The van der Waals surface area contributed by atoms with Crippen molar-refractivity contribution in [2.24, 2.45) is 0 Å². The van der Waals surface area contributed by atoms with Crippen molar-refractivity contribution in [2.75, 3.05) is 24.7 Å². The van der Waals surface area contributed by atoms with Gasteiger partial charge in [0.1, 0.15) is 5.75 Å². The van der Waals surface area contributed by atoms with E-state index in [4.69, 9.17) is 9.47 Å². The van der Waals surface area contributed by atoms with E-state index in [0.717, 1.165) is 16.7 Å². The summed E-state index contributed by atoms with van der Waals surface area (Å²) in [6.07, 6.45) is 1.34. The molecule has 0 fully saturated rings. The van der Waals surface area contributed by atoms with Gasteiger partial charge < -0.3 is 14.4 Å². The molecule has 0 aliphatic carbocycles. The lowest BCUT2D eigenvalue weighted by Crippen LogP contribution is -2.38. The molecule has 0 unspecified atom stereocenters. The number of benzene rings is 2. The second-order valence-corrected chi connectivity index (χ2v) is 6.94. The van der Waals surface area contributed by atoms with Crippen LogP contribution in [-0.4, -0.2) is 36.6 Å². The van der Waals surface area contributed by atoms with E-state index in [0.29, 0.717) is 30.8 Å². The first kappa shape index (κ1) is 20.3. The van der Waals surface area contributed by atoms with Crippen LogP contribution in [0.3, 0.4) is 0 Å². The van der Waals surface area contributed by atoms with Crippen molar-refractivity contribution in [3.05, 3.63) is 63.2 Å². The molecular weight excluding hydrogens is 376 g/mol. The van der Waals surface area contributed by atoms with Crippen LogP contribution in [-0.2, 0) is 20.7 Å². The zero-order chi connectivity index (χ0) is 21.0. The summed E-state index contributed by atoms with van der Waals surface area (Å²) in [5, 5.41) is 10.9. The first-order valence-corrected chi connectivity index (χ1v) is 9.28. The van der Waals surface area contributed by atoms with Crippen LogP contribution in [0, 0.1) is 24.0 Å². The number of nitrogens with zero attached hydrogens (tertiary/aromatic N) is 2. The van der Waals surface area contributed by atoms with E-state index in [2.05, 4.69) is 0 Å². The fourth-order valence-corrected chi connectivity index (χ4v) is 3.22. The molecule has 2 aromatic rings. The van der Waals surface area contributed by atoms with E-state index < -0.39 is 17.5 Å². The van der Waals surface area contributed by atoms with Gasteiger partial charge in [-0.05, 0) is 55.5 Å². The van der Waals surface area contributed by atoms with Crippen LogP contribution in [0.2, 0.25) is 0 Å². The van der Waals surface area contributed by atoms with E-state index in [9.17, 15) is 19.7 Å². The van der Waals surface area contributed by atoms with Gasteiger partial charge in [-0.3, -0.25) is 14.9 Å². The minimum atomic E-state index is -0.639. The van der Waals surface area contributed by atoms with Crippen molar-refractivity contribution < 1.29 is 24.0 Å². The number of hydrogen-bond donors (Lipinski definition) is 0. The molecule has 152 valence electrons. The molecule has 2 aromatic carbocycles. The lowest BCUT2D eigenvalue weighted by Gasteiger charge is -2.29. The number of esters is 1. The van der Waals surface area contributed by atoms with Gasteiger partial charge >= 0.3 is 5.97 Å². The minimum absolute atomic E-state index is 0.00642. The molecule has 0 radical (unpaired) electrons. The summed E-state index contributed by atoms with van der Waals surface area (Å²) in [7, 11) is 0. The molecule has 1 heterocycles. The van der Waals surface area contributed by atoms with Crippen molar-refractivity contribution in [3.63, 3.8) is 0 Å². The predicted molar refractivity (Wildman–Crippen MR) is 106 cm³/mol. The fraction of sp³-hybridized carbons (Fsp3) is 0.333. The molecule has 8 heteroatoms. The van der Waals surface area contributed by atoms with Crippen molar-refractivity contribution in [2.45, 2.75) is 26.7 Å².